The van der Waals surface area contributed by atoms with Crippen LogP contribution in [-0.2, 0) is 17.8 Å². The van der Waals surface area contributed by atoms with Gasteiger partial charge in [0.15, 0.2) is 0 Å². The van der Waals surface area contributed by atoms with Crippen LogP contribution in [-0.4, -0.2) is 33.9 Å². The molecule has 32 heavy (non-hydrogen) atoms. The molecule has 3 aromatic carbocycles. The van der Waals surface area contributed by atoms with Gasteiger partial charge in [-0.25, -0.2) is 9.97 Å². The molecule has 4 aromatic rings. The first kappa shape index (κ1) is 20.1. The third kappa shape index (κ3) is 4.58. The molecule has 0 unspecified atom stereocenters. The van der Waals surface area contributed by atoms with Crippen LogP contribution in [0.4, 0.5) is 5.95 Å². The van der Waals surface area contributed by atoms with Gasteiger partial charge in [0, 0.05) is 24.2 Å². The molecule has 1 aromatic heterocycles. The average Bonchev–Trinajstić information content (AvgIpc) is 2.85. The maximum Gasteiger partial charge on any atom is 0.240 e. The van der Waals surface area contributed by atoms with E-state index in [2.05, 4.69) is 44.5 Å². The summed E-state index contributed by atoms with van der Waals surface area (Å²) in [6.45, 7) is 1.96. The number of hydrogen-bond donors (Lipinski definition) is 1. The molecule has 0 saturated heterocycles. The monoisotopic (exact) mass is 420 g/mol. The summed E-state index contributed by atoms with van der Waals surface area (Å²) < 4.78 is 0. The highest BCUT2D eigenvalue weighted by molar-refractivity contribution is 5.91. The number of carbonyl (C=O) groups is 1. The van der Waals surface area contributed by atoms with Crippen LogP contribution in [0.1, 0.15) is 11.1 Å². The van der Waals surface area contributed by atoms with E-state index in [-0.39, 0.29) is 5.91 Å². The largest absolute Gasteiger partial charge is 0.293 e. The standard InChI is InChI=1S/C27H24N4O/c32-26(19-31-16-15-20-9-7-8-14-23(20)18-31)30-27-28-24(21-10-3-1-4-11-21)17-25(29-27)22-12-5-2-6-13-22/h1-14,17H,15-16,18-19H2,(H,28,29,30,32). The Morgan fingerprint density at radius 1 is 0.781 bits per heavy atom. The lowest BCUT2D eigenvalue weighted by Crippen LogP contribution is -2.37. The third-order valence-electron chi connectivity index (χ3n) is 5.69. The first-order valence-corrected chi connectivity index (χ1v) is 10.8. The highest BCUT2D eigenvalue weighted by Crippen LogP contribution is 2.25. The Balaban J connectivity index is 1.37. The molecule has 1 amide bonds. The molecule has 5 heteroatoms. The molecule has 0 saturated carbocycles. The Kier molecular flexibility index (Phi) is 5.73. The van der Waals surface area contributed by atoms with E-state index in [0.29, 0.717) is 12.5 Å². The van der Waals surface area contributed by atoms with Crippen molar-refractivity contribution in [3.8, 4) is 22.5 Å². The lowest BCUT2D eigenvalue weighted by atomic mass is 10.00. The van der Waals surface area contributed by atoms with Gasteiger partial charge in [0.1, 0.15) is 0 Å². The Morgan fingerprint density at radius 3 is 1.97 bits per heavy atom. The van der Waals surface area contributed by atoms with E-state index in [4.69, 9.17) is 0 Å². The average molecular weight is 421 g/mol. The molecule has 0 radical (unpaired) electrons. The Labute approximate surface area is 187 Å². The second kappa shape index (κ2) is 9.12. The van der Waals surface area contributed by atoms with E-state index < -0.39 is 0 Å². The molecular weight excluding hydrogens is 396 g/mol. The van der Waals surface area contributed by atoms with Crippen LogP contribution >= 0.6 is 0 Å². The van der Waals surface area contributed by atoms with Crippen LogP contribution in [0.3, 0.4) is 0 Å². The van der Waals surface area contributed by atoms with Crippen molar-refractivity contribution in [2.75, 3.05) is 18.4 Å². The molecule has 0 atom stereocenters. The van der Waals surface area contributed by atoms with E-state index in [1.807, 2.05) is 66.7 Å². The number of nitrogens with one attached hydrogen (secondary N) is 1. The van der Waals surface area contributed by atoms with Crippen molar-refractivity contribution in [3.63, 3.8) is 0 Å². The topological polar surface area (TPSA) is 58.1 Å². The molecule has 0 fully saturated rings. The number of aromatic nitrogens is 2. The Morgan fingerprint density at radius 2 is 1.34 bits per heavy atom. The summed E-state index contributed by atoms with van der Waals surface area (Å²) in [6.07, 6.45) is 0.960. The van der Waals surface area contributed by atoms with Gasteiger partial charge < -0.3 is 0 Å². The number of carbonyl (C=O) groups excluding carboxylic acids is 1. The first-order valence-electron chi connectivity index (χ1n) is 10.8. The van der Waals surface area contributed by atoms with Gasteiger partial charge in [-0.05, 0) is 23.6 Å². The van der Waals surface area contributed by atoms with Crippen LogP contribution in [0.2, 0.25) is 0 Å². The van der Waals surface area contributed by atoms with Gasteiger partial charge in [-0.3, -0.25) is 15.0 Å². The van der Waals surface area contributed by atoms with Gasteiger partial charge in [-0.1, -0.05) is 84.9 Å². The number of rotatable bonds is 5. The molecule has 1 aliphatic heterocycles. The van der Waals surface area contributed by atoms with E-state index in [1.54, 1.807) is 0 Å². The quantitative estimate of drug-likeness (QED) is 0.504. The highest BCUT2D eigenvalue weighted by atomic mass is 16.2. The lowest BCUT2D eigenvalue weighted by Gasteiger charge is -2.27. The normalized spacial score (nSPS) is 13.4. The smallest absolute Gasteiger partial charge is 0.240 e. The predicted molar refractivity (Wildman–Crippen MR) is 127 cm³/mol. The maximum absolute atomic E-state index is 12.9. The number of hydrogen-bond acceptors (Lipinski definition) is 4. The summed E-state index contributed by atoms with van der Waals surface area (Å²) in [5, 5.41) is 2.93. The number of anilines is 1. The van der Waals surface area contributed by atoms with Crippen molar-refractivity contribution in [2.24, 2.45) is 0 Å². The van der Waals surface area contributed by atoms with Crippen molar-refractivity contribution in [1.82, 2.24) is 14.9 Å². The Bertz CT molecular complexity index is 1170. The fourth-order valence-electron chi connectivity index (χ4n) is 4.07. The van der Waals surface area contributed by atoms with Crippen molar-refractivity contribution < 1.29 is 4.79 Å². The zero-order valence-electron chi connectivity index (χ0n) is 17.7. The van der Waals surface area contributed by atoms with E-state index in [9.17, 15) is 4.79 Å². The Hall–Kier alpha value is -3.83. The van der Waals surface area contributed by atoms with Crippen molar-refractivity contribution in [3.05, 3.63) is 102 Å². The predicted octanol–water partition coefficient (Wildman–Crippen LogP) is 4.81. The van der Waals surface area contributed by atoms with Crippen LogP contribution in [0.25, 0.3) is 22.5 Å². The molecule has 5 nitrogen and oxygen atoms in total. The number of benzene rings is 3. The van der Waals surface area contributed by atoms with E-state index in [1.165, 1.54) is 11.1 Å². The van der Waals surface area contributed by atoms with Gasteiger partial charge in [0.05, 0.1) is 17.9 Å². The molecule has 0 bridgehead atoms. The zero-order valence-corrected chi connectivity index (χ0v) is 17.7. The summed E-state index contributed by atoms with van der Waals surface area (Å²) in [5.41, 5.74) is 6.18. The molecule has 5 rings (SSSR count). The summed E-state index contributed by atoms with van der Waals surface area (Å²) in [6, 6.07) is 30.3. The summed E-state index contributed by atoms with van der Waals surface area (Å²) >= 11 is 0. The molecule has 0 spiro atoms. The SMILES string of the molecule is O=C(CN1CCc2ccccc2C1)Nc1nc(-c2ccccc2)cc(-c2ccccc2)n1. The summed E-state index contributed by atoms with van der Waals surface area (Å²) in [7, 11) is 0. The van der Waals surface area contributed by atoms with Gasteiger partial charge >= 0.3 is 0 Å². The van der Waals surface area contributed by atoms with Crippen LogP contribution < -0.4 is 5.32 Å². The minimum atomic E-state index is -0.103. The van der Waals surface area contributed by atoms with Gasteiger partial charge in [-0.2, -0.15) is 0 Å². The second-order valence-corrected chi connectivity index (χ2v) is 7.97. The molecule has 0 aliphatic carbocycles. The minimum absolute atomic E-state index is 0.103. The molecule has 1 N–H and O–H groups in total. The molecule has 2 heterocycles. The third-order valence-corrected chi connectivity index (χ3v) is 5.69. The van der Waals surface area contributed by atoms with Crippen LogP contribution in [0.5, 0.6) is 0 Å². The summed E-state index contributed by atoms with van der Waals surface area (Å²) in [4.78, 5) is 24.3. The van der Waals surface area contributed by atoms with E-state index >= 15 is 0 Å². The van der Waals surface area contributed by atoms with Crippen LogP contribution in [0, 0.1) is 0 Å². The van der Waals surface area contributed by atoms with Gasteiger partial charge in [0.25, 0.3) is 0 Å². The van der Waals surface area contributed by atoms with Gasteiger partial charge in [-0.15, -0.1) is 0 Å². The molecule has 158 valence electrons. The van der Waals surface area contributed by atoms with Crippen molar-refractivity contribution >= 4 is 11.9 Å². The van der Waals surface area contributed by atoms with Crippen molar-refractivity contribution in [2.45, 2.75) is 13.0 Å². The minimum Gasteiger partial charge on any atom is -0.293 e. The second-order valence-electron chi connectivity index (χ2n) is 7.97. The van der Waals surface area contributed by atoms with Gasteiger partial charge in [0.2, 0.25) is 11.9 Å². The fourth-order valence-corrected chi connectivity index (χ4v) is 4.07. The van der Waals surface area contributed by atoms with Crippen molar-refractivity contribution in [1.29, 1.82) is 0 Å². The number of amides is 1. The first-order chi connectivity index (χ1) is 15.7. The van der Waals surface area contributed by atoms with E-state index in [0.717, 1.165) is 42.0 Å². The number of fused-ring (bicyclic) bond motifs is 1. The summed E-state index contributed by atoms with van der Waals surface area (Å²) in [5.74, 6) is 0.223. The number of nitrogens with zero attached hydrogens (tertiary/aromatic N) is 3. The molecule has 1 aliphatic rings. The maximum atomic E-state index is 12.9. The zero-order chi connectivity index (χ0) is 21.8. The highest BCUT2D eigenvalue weighted by Gasteiger charge is 2.19. The van der Waals surface area contributed by atoms with Crippen LogP contribution in [0.15, 0.2) is 91.0 Å². The lowest BCUT2D eigenvalue weighted by molar-refractivity contribution is -0.117. The molecular formula is C27H24N4O. The fraction of sp³-hybridized carbons (Fsp3) is 0.148.